The van der Waals surface area contributed by atoms with Crippen molar-refractivity contribution in [2.75, 3.05) is 17.1 Å². The normalized spacial score (nSPS) is 15.0. The molecule has 0 aromatic heterocycles. The third kappa shape index (κ3) is 7.26. The van der Waals surface area contributed by atoms with Gasteiger partial charge < -0.3 is 10.2 Å². The summed E-state index contributed by atoms with van der Waals surface area (Å²) in [6.45, 7) is 1.11. The molecule has 0 bridgehead atoms. The summed E-state index contributed by atoms with van der Waals surface area (Å²) >= 11 is 18.5. The number of hydrogen-bond donors (Lipinski definition) is 1. The highest BCUT2D eigenvalue weighted by Gasteiger charge is 2.32. The second-order valence-electron chi connectivity index (χ2n) is 8.64. The molecule has 1 fully saturated rings. The monoisotopic (exact) mass is 559 g/mol. The van der Waals surface area contributed by atoms with E-state index in [-0.39, 0.29) is 29.2 Å². The van der Waals surface area contributed by atoms with E-state index in [1.807, 2.05) is 0 Å². The first-order chi connectivity index (χ1) is 16.5. The molecule has 3 rings (SSSR count). The topological polar surface area (TPSA) is 86.8 Å². The maximum Gasteiger partial charge on any atom is 0.244 e. The number of rotatable bonds is 9. The van der Waals surface area contributed by atoms with Crippen LogP contribution < -0.4 is 9.62 Å². The molecule has 2 aromatic rings. The molecule has 0 radical (unpaired) electrons. The van der Waals surface area contributed by atoms with Crippen LogP contribution in [0.25, 0.3) is 0 Å². The summed E-state index contributed by atoms with van der Waals surface area (Å²) in [5.74, 6) is -0.872. The van der Waals surface area contributed by atoms with Gasteiger partial charge in [-0.05, 0) is 49.6 Å². The van der Waals surface area contributed by atoms with Gasteiger partial charge >= 0.3 is 0 Å². The average Bonchev–Trinajstić information content (AvgIpc) is 3.29. The van der Waals surface area contributed by atoms with Crippen molar-refractivity contribution < 1.29 is 18.0 Å². The highest BCUT2D eigenvalue weighted by molar-refractivity contribution is 7.92. The van der Waals surface area contributed by atoms with E-state index < -0.39 is 28.5 Å². The van der Waals surface area contributed by atoms with Crippen molar-refractivity contribution in [1.82, 2.24) is 10.2 Å². The fraction of sp³-hybridized carbons (Fsp3) is 0.417. The summed E-state index contributed by atoms with van der Waals surface area (Å²) in [6.07, 6.45) is 4.88. The molecular weight excluding hydrogens is 533 g/mol. The fourth-order valence-electron chi connectivity index (χ4n) is 4.06. The first-order valence-electron chi connectivity index (χ1n) is 11.2. The Morgan fingerprint density at radius 3 is 2.31 bits per heavy atom. The van der Waals surface area contributed by atoms with Gasteiger partial charge in [-0.1, -0.05) is 65.8 Å². The molecule has 190 valence electrons. The molecule has 0 spiro atoms. The SMILES string of the molecule is CC(C(=O)NC1CCCC1)N(Cc1ccccc1Cl)C(=O)CN(c1ccc(Cl)cc1Cl)S(C)(=O)=O. The van der Waals surface area contributed by atoms with Gasteiger partial charge in [0.1, 0.15) is 12.6 Å². The van der Waals surface area contributed by atoms with Crippen LogP contribution in [0.2, 0.25) is 15.1 Å². The molecule has 11 heteroatoms. The molecule has 1 atom stereocenters. The van der Waals surface area contributed by atoms with Crippen molar-refractivity contribution in [1.29, 1.82) is 0 Å². The van der Waals surface area contributed by atoms with Crippen LogP contribution in [-0.2, 0) is 26.2 Å². The van der Waals surface area contributed by atoms with E-state index in [1.165, 1.54) is 23.1 Å². The molecule has 1 saturated carbocycles. The number of anilines is 1. The zero-order valence-electron chi connectivity index (χ0n) is 19.5. The standard InChI is InChI=1S/C24H28Cl3N3O4S/c1-16(24(32)28-19-8-4-5-9-19)29(14-17-7-3-6-10-20(17)26)23(31)15-30(35(2,33)34)22-12-11-18(25)13-21(22)27/h3,6-7,10-13,16,19H,4-5,8-9,14-15H2,1-2H3,(H,28,32). The summed E-state index contributed by atoms with van der Waals surface area (Å²) in [4.78, 5) is 28.0. The van der Waals surface area contributed by atoms with Gasteiger partial charge in [0.2, 0.25) is 21.8 Å². The van der Waals surface area contributed by atoms with Crippen molar-refractivity contribution in [2.45, 2.75) is 51.2 Å². The first kappa shape index (κ1) is 27.6. The predicted octanol–water partition coefficient (Wildman–Crippen LogP) is 4.89. The number of nitrogens with zero attached hydrogens (tertiary/aromatic N) is 2. The average molecular weight is 561 g/mol. The smallest absolute Gasteiger partial charge is 0.244 e. The molecule has 1 unspecified atom stereocenters. The number of nitrogens with one attached hydrogen (secondary N) is 1. The molecule has 0 heterocycles. The van der Waals surface area contributed by atoms with Crippen molar-refractivity contribution in [2.24, 2.45) is 0 Å². The van der Waals surface area contributed by atoms with Gasteiger partial charge in [-0.3, -0.25) is 13.9 Å². The second kappa shape index (κ2) is 11.8. The van der Waals surface area contributed by atoms with Gasteiger partial charge in [0, 0.05) is 22.6 Å². The van der Waals surface area contributed by atoms with Crippen molar-refractivity contribution in [3.05, 3.63) is 63.1 Å². The summed E-state index contributed by atoms with van der Waals surface area (Å²) in [7, 11) is -3.90. The maximum atomic E-state index is 13.6. The molecule has 7 nitrogen and oxygen atoms in total. The Labute approximate surface area is 221 Å². The number of halogens is 3. The van der Waals surface area contributed by atoms with E-state index in [4.69, 9.17) is 34.8 Å². The minimum absolute atomic E-state index is 0.0315. The van der Waals surface area contributed by atoms with Crippen LogP contribution in [0.1, 0.15) is 38.2 Å². The number of carbonyl (C=O) groups is 2. The van der Waals surface area contributed by atoms with E-state index in [0.717, 1.165) is 36.2 Å². The minimum atomic E-state index is -3.90. The van der Waals surface area contributed by atoms with Crippen LogP contribution >= 0.6 is 34.8 Å². The summed E-state index contributed by atoms with van der Waals surface area (Å²) in [5.41, 5.74) is 0.756. The predicted molar refractivity (Wildman–Crippen MR) is 141 cm³/mol. The maximum absolute atomic E-state index is 13.6. The van der Waals surface area contributed by atoms with Crippen LogP contribution in [-0.4, -0.2) is 50.0 Å². The highest BCUT2D eigenvalue weighted by atomic mass is 35.5. The number of sulfonamides is 1. The molecular formula is C24H28Cl3N3O4S. The van der Waals surface area contributed by atoms with Gasteiger partial charge in [0.05, 0.1) is 17.0 Å². The zero-order chi connectivity index (χ0) is 25.8. The Morgan fingerprint density at radius 2 is 1.71 bits per heavy atom. The highest BCUT2D eigenvalue weighted by Crippen LogP contribution is 2.31. The zero-order valence-corrected chi connectivity index (χ0v) is 22.6. The van der Waals surface area contributed by atoms with Gasteiger partial charge in [-0.15, -0.1) is 0 Å². The number of hydrogen-bond acceptors (Lipinski definition) is 4. The van der Waals surface area contributed by atoms with Gasteiger partial charge in [0.15, 0.2) is 0 Å². The van der Waals surface area contributed by atoms with Gasteiger partial charge in [-0.25, -0.2) is 8.42 Å². The van der Waals surface area contributed by atoms with Crippen LogP contribution in [0.5, 0.6) is 0 Å². The second-order valence-corrected chi connectivity index (χ2v) is 11.8. The Morgan fingerprint density at radius 1 is 1.06 bits per heavy atom. The largest absolute Gasteiger partial charge is 0.352 e. The molecule has 0 aliphatic heterocycles. The first-order valence-corrected chi connectivity index (χ1v) is 14.2. The lowest BCUT2D eigenvalue weighted by molar-refractivity contribution is -0.139. The summed E-state index contributed by atoms with van der Waals surface area (Å²) < 4.78 is 26.2. The third-order valence-electron chi connectivity index (χ3n) is 6.02. The van der Waals surface area contributed by atoms with Gasteiger partial charge in [0.25, 0.3) is 0 Å². The summed E-state index contributed by atoms with van der Waals surface area (Å²) in [6, 6.07) is 10.5. The molecule has 35 heavy (non-hydrogen) atoms. The molecule has 1 N–H and O–H groups in total. The Kier molecular flexibility index (Phi) is 9.32. The quantitative estimate of drug-likeness (QED) is 0.473. The number of amides is 2. The lowest BCUT2D eigenvalue weighted by atomic mass is 10.1. The molecule has 1 aliphatic carbocycles. The Balaban J connectivity index is 1.91. The lowest BCUT2D eigenvalue weighted by Crippen LogP contribution is -2.52. The Bertz CT molecular complexity index is 1190. The minimum Gasteiger partial charge on any atom is -0.352 e. The van der Waals surface area contributed by atoms with Crippen molar-refractivity contribution >= 4 is 62.3 Å². The van der Waals surface area contributed by atoms with Crippen molar-refractivity contribution in [3.8, 4) is 0 Å². The molecule has 2 aromatic carbocycles. The lowest BCUT2D eigenvalue weighted by Gasteiger charge is -2.32. The number of carbonyl (C=O) groups excluding carboxylic acids is 2. The summed E-state index contributed by atoms with van der Waals surface area (Å²) in [5, 5.41) is 3.86. The number of benzene rings is 2. The van der Waals surface area contributed by atoms with E-state index in [0.29, 0.717) is 15.6 Å². The van der Waals surface area contributed by atoms with E-state index >= 15 is 0 Å². The van der Waals surface area contributed by atoms with Crippen LogP contribution in [0, 0.1) is 0 Å². The third-order valence-corrected chi connectivity index (χ3v) is 8.06. The van der Waals surface area contributed by atoms with Crippen molar-refractivity contribution in [3.63, 3.8) is 0 Å². The molecule has 0 saturated heterocycles. The van der Waals surface area contributed by atoms with Crippen LogP contribution in [0.3, 0.4) is 0 Å². The molecule has 1 aliphatic rings. The molecule has 2 amide bonds. The van der Waals surface area contributed by atoms with Crippen LogP contribution in [0.15, 0.2) is 42.5 Å². The van der Waals surface area contributed by atoms with E-state index in [9.17, 15) is 18.0 Å². The van der Waals surface area contributed by atoms with Crippen LogP contribution in [0.4, 0.5) is 5.69 Å². The van der Waals surface area contributed by atoms with Gasteiger partial charge in [-0.2, -0.15) is 0 Å². The van der Waals surface area contributed by atoms with E-state index in [1.54, 1.807) is 31.2 Å². The Hall–Kier alpha value is -2.00. The van der Waals surface area contributed by atoms with E-state index in [2.05, 4.69) is 5.32 Å². The fourth-order valence-corrected chi connectivity index (χ4v) is 5.68.